The minimum Gasteiger partial charge on any atom is -0.780 e. The molecule has 0 aliphatic heterocycles. The molecule has 0 heterocycles. The fourth-order valence-electron chi connectivity index (χ4n) is 0. The van der Waals surface area contributed by atoms with E-state index in [1.807, 2.05) is 0 Å². The van der Waals surface area contributed by atoms with Crippen molar-refractivity contribution >= 4 is 47.5 Å². The first kappa shape index (κ1) is 10.2. The van der Waals surface area contributed by atoms with Gasteiger partial charge in [-0.2, -0.15) is 0 Å². The average molecular weight is 319 g/mol. The van der Waals surface area contributed by atoms with Gasteiger partial charge in [0.1, 0.15) is 0 Å². The van der Waals surface area contributed by atoms with Crippen LogP contribution in [0.1, 0.15) is 0 Å². The minimum atomic E-state index is -4.33. The summed E-state index contributed by atoms with van der Waals surface area (Å²) in [4.78, 5) is 0. The first-order valence-corrected chi connectivity index (χ1v) is 3.00. The van der Waals surface area contributed by atoms with Gasteiger partial charge in [0.2, 0.25) is 0 Å². The standard InChI is InChI=1S/H2O3S2.Pb/c1-5(2,3)4;/h(H2,1,2,3,4);/p-2. The van der Waals surface area contributed by atoms with Gasteiger partial charge in [-0.05, 0) is 11.2 Å². The first-order chi connectivity index (χ1) is 2.00. The SMILES string of the molecule is O=S([O-])([O-])=S.[Pb]. The van der Waals surface area contributed by atoms with E-state index in [1.165, 1.54) is 0 Å². The zero-order valence-electron chi connectivity index (χ0n) is 2.54. The van der Waals surface area contributed by atoms with Crippen molar-refractivity contribution in [3.63, 3.8) is 0 Å². The summed E-state index contributed by atoms with van der Waals surface area (Å²) < 4.78 is 26.7. The maximum absolute atomic E-state index is 8.89. The maximum Gasteiger partial charge on any atom is 0 e. The Balaban J connectivity index is 0. The molecule has 0 N–H and O–H groups in total. The first-order valence-electron chi connectivity index (χ1n) is 0.667. The van der Waals surface area contributed by atoms with Crippen LogP contribution < -0.4 is 0 Å². The van der Waals surface area contributed by atoms with E-state index >= 15 is 0 Å². The van der Waals surface area contributed by atoms with Crippen LogP contribution in [0.3, 0.4) is 0 Å². The van der Waals surface area contributed by atoms with Crippen LogP contribution in [0.15, 0.2) is 0 Å². The van der Waals surface area contributed by atoms with Crippen LogP contribution in [-0.4, -0.2) is 40.6 Å². The van der Waals surface area contributed by atoms with Crippen molar-refractivity contribution in [1.82, 2.24) is 0 Å². The monoisotopic (exact) mass is 320 g/mol. The summed E-state index contributed by atoms with van der Waals surface area (Å²) >= 11 is 3.24. The van der Waals surface area contributed by atoms with Crippen LogP contribution >= 0.6 is 0 Å². The van der Waals surface area contributed by atoms with Crippen LogP contribution in [0.4, 0.5) is 0 Å². The van der Waals surface area contributed by atoms with Crippen molar-refractivity contribution in [3.8, 4) is 0 Å². The second-order valence-electron chi connectivity index (χ2n) is 0.408. The second-order valence-corrected chi connectivity index (χ2v) is 2.45. The van der Waals surface area contributed by atoms with Crippen LogP contribution in [0.2, 0.25) is 0 Å². The Bertz CT molecular complexity index is 92.0. The zero-order valence-corrected chi connectivity index (χ0v) is 8.06. The fourth-order valence-corrected chi connectivity index (χ4v) is 0. The fraction of sp³-hybridized carbons (Fsp3) is 0. The smallest absolute Gasteiger partial charge is 0 e. The molecule has 3 nitrogen and oxygen atoms in total. The Morgan fingerprint density at radius 2 is 1.50 bits per heavy atom. The number of hydrogen-bond acceptors (Lipinski definition) is 4. The molecule has 0 aromatic carbocycles. The minimum absolute atomic E-state index is 0. The Hall–Kier alpha value is 1.21. The summed E-state index contributed by atoms with van der Waals surface area (Å²) in [7, 11) is -4.33. The molecular weight excluding hydrogens is 319 g/mol. The van der Waals surface area contributed by atoms with E-state index in [0.29, 0.717) is 0 Å². The molecule has 0 aliphatic rings. The molecule has 36 valence electrons. The molecular formula is O3PbS2-2. The normalized spacial score (nSPS) is 9.67. The van der Waals surface area contributed by atoms with Crippen LogP contribution in [0.5, 0.6) is 0 Å². The van der Waals surface area contributed by atoms with Gasteiger partial charge in [-0.15, -0.1) is 9.05 Å². The molecule has 0 bridgehead atoms. The summed E-state index contributed by atoms with van der Waals surface area (Å²) in [5.41, 5.74) is 0. The maximum atomic E-state index is 8.89. The third-order valence-electron chi connectivity index (χ3n) is 0. The molecule has 0 unspecified atom stereocenters. The van der Waals surface area contributed by atoms with Crippen molar-refractivity contribution in [2.24, 2.45) is 0 Å². The predicted octanol–water partition coefficient (Wildman–Crippen LogP) is -1.39. The third kappa shape index (κ3) is 62.9. The van der Waals surface area contributed by atoms with Gasteiger partial charge in [0.25, 0.3) is 0 Å². The van der Waals surface area contributed by atoms with Crippen LogP contribution in [0, 0.1) is 0 Å². The second kappa shape index (κ2) is 3.24. The molecule has 0 aromatic rings. The molecule has 0 atom stereocenters. The Labute approximate surface area is 60.6 Å². The molecule has 0 aliphatic carbocycles. The van der Waals surface area contributed by atoms with E-state index in [9.17, 15) is 0 Å². The van der Waals surface area contributed by atoms with Gasteiger partial charge in [0, 0.05) is 27.3 Å². The van der Waals surface area contributed by atoms with Gasteiger partial charge < -0.3 is 9.11 Å². The molecule has 6 heteroatoms. The molecule has 0 fully saturated rings. The Morgan fingerprint density at radius 3 is 1.50 bits per heavy atom. The van der Waals surface area contributed by atoms with Gasteiger partial charge in [-0.1, -0.05) is 0 Å². The van der Waals surface area contributed by atoms with Crippen molar-refractivity contribution in [3.05, 3.63) is 0 Å². The Morgan fingerprint density at radius 1 is 1.50 bits per heavy atom. The molecule has 0 aromatic heterocycles. The van der Waals surface area contributed by atoms with E-state index in [2.05, 4.69) is 11.2 Å². The molecule has 0 saturated carbocycles. The predicted molar refractivity (Wildman–Crippen MR) is 22.8 cm³/mol. The molecule has 0 saturated heterocycles. The molecule has 0 spiro atoms. The van der Waals surface area contributed by atoms with Gasteiger partial charge in [-0.25, -0.2) is 0 Å². The van der Waals surface area contributed by atoms with E-state index in [4.69, 9.17) is 13.3 Å². The van der Waals surface area contributed by atoms with Crippen LogP contribution in [-0.2, 0) is 20.2 Å². The molecule has 0 amide bonds. The van der Waals surface area contributed by atoms with E-state index in [1.54, 1.807) is 0 Å². The van der Waals surface area contributed by atoms with E-state index in [0.717, 1.165) is 0 Å². The summed E-state index contributed by atoms with van der Waals surface area (Å²) in [5.74, 6) is 0. The largest absolute Gasteiger partial charge is 0.780 e. The zero-order chi connectivity index (χ0) is 4.50. The van der Waals surface area contributed by atoms with Gasteiger partial charge >= 0.3 is 0 Å². The van der Waals surface area contributed by atoms with Crippen molar-refractivity contribution < 1.29 is 13.3 Å². The van der Waals surface area contributed by atoms with E-state index < -0.39 is 9.05 Å². The average Bonchev–Trinajstić information content (AvgIpc) is 0.722. The molecule has 4 radical (unpaired) electrons. The third-order valence-corrected chi connectivity index (χ3v) is 0. The van der Waals surface area contributed by atoms with Gasteiger partial charge in [0.15, 0.2) is 0 Å². The molecule has 6 heavy (non-hydrogen) atoms. The summed E-state index contributed by atoms with van der Waals surface area (Å²) in [6.07, 6.45) is 0. The number of hydrogen-bond donors (Lipinski definition) is 0. The summed E-state index contributed by atoms with van der Waals surface area (Å²) in [6.45, 7) is 0. The molecule has 0 rings (SSSR count). The summed E-state index contributed by atoms with van der Waals surface area (Å²) in [6, 6.07) is 0. The van der Waals surface area contributed by atoms with Gasteiger partial charge in [-0.3, -0.25) is 4.21 Å². The van der Waals surface area contributed by atoms with E-state index in [-0.39, 0.29) is 27.3 Å². The van der Waals surface area contributed by atoms with Crippen molar-refractivity contribution in [2.75, 3.05) is 0 Å². The quantitative estimate of drug-likeness (QED) is 0.516. The van der Waals surface area contributed by atoms with Gasteiger partial charge in [0.05, 0.1) is 0 Å². The van der Waals surface area contributed by atoms with Crippen molar-refractivity contribution in [2.45, 2.75) is 0 Å². The van der Waals surface area contributed by atoms with Crippen molar-refractivity contribution in [1.29, 1.82) is 0 Å². The Kier molecular flexibility index (Phi) is 5.54. The summed E-state index contributed by atoms with van der Waals surface area (Å²) in [5, 5.41) is 0. The topological polar surface area (TPSA) is 63.2 Å². The van der Waals surface area contributed by atoms with Crippen LogP contribution in [0.25, 0.3) is 0 Å². The number of rotatable bonds is 0.